The predicted octanol–water partition coefficient (Wildman–Crippen LogP) is -4.80. The molecule has 0 aliphatic carbocycles. The maximum Gasteiger partial charge on any atom is 1.00 e. The van der Waals surface area contributed by atoms with Crippen LogP contribution in [0.1, 0.15) is 6.92 Å². The van der Waals surface area contributed by atoms with Crippen molar-refractivity contribution >= 4 is 5.97 Å². The topological polar surface area (TPSA) is 101 Å². The van der Waals surface area contributed by atoms with E-state index in [1.54, 1.807) is 19.1 Å². The van der Waals surface area contributed by atoms with Gasteiger partial charge in [0.15, 0.2) is 0 Å². The SMILES string of the molecule is CC=CC=CC(=O)[O-].OCC(O)CO.[K+]. The monoisotopic (exact) mass is 242 g/mol. The molecule has 0 rings (SSSR count). The zero-order chi connectivity index (χ0) is 11.4. The molecule has 0 amide bonds. The molecule has 6 heteroatoms. The Morgan fingerprint density at radius 1 is 1.33 bits per heavy atom. The summed E-state index contributed by atoms with van der Waals surface area (Å²) in [6.07, 6.45) is 4.79. The van der Waals surface area contributed by atoms with Crippen molar-refractivity contribution in [3.63, 3.8) is 0 Å². The summed E-state index contributed by atoms with van der Waals surface area (Å²) < 4.78 is 0. The molecule has 0 aromatic carbocycles. The van der Waals surface area contributed by atoms with E-state index in [0.717, 1.165) is 6.08 Å². The van der Waals surface area contributed by atoms with Crippen molar-refractivity contribution in [2.45, 2.75) is 13.0 Å². The molecule has 0 radical (unpaired) electrons. The summed E-state index contributed by atoms with van der Waals surface area (Å²) in [4.78, 5) is 9.64. The average molecular weight is 242 g/mol. The number of aliphatic hydroxyl groups is 3. The van der Waals surface area contributed by atoms with E-state index in [-0.39, 0.29) is 64.6 Å². The minimum absolute atomic E-state index is 0. The van der Waals surface area contributed by atoms with Crippen molar-refractivity contribution < 1.29 is 76.6 Å². The van der Waals surface area contributed by atoms with Gasteiger partial charge in [0.25, 0.3) is 0 Å². The number of aliphatic carboxylic acids is 1. The van der Waals surface area contributed by atoms with Gasteiger partial charge in [-0.15, -0.1) is 0 Å². The molecule has 0 fully saturated rings. The molecule has 0 saturated heterocycles. The minimum atomic E-state index is -1.16. The molecule has 0 atom stereocenters. The number of carboxylic acids is 1. The number of carbonyl (C=O) groups excluding carboxylic acids is 1. The fourth-order valence-electron chi connectivity index (χ4n) is 0.303. The maximum atomic E-state index is 9.64. The quantitative estimate of drug-likeness (QED) is 0.261. The fraction of sp³-hybridized carbons (Fsp3) is 0.444. The standard InChI is InChI=1S/C6H8O2.C3H8O3.K/c1-2-3-4-5-6(7)8;4-1-3(6)2-5;/h2-5H,1H3,(H,7,8);3-6H,1-2H2;/q;;+1/p-1. The third-order valence-electron chi connectivity index (χ3n) is 0.957. The van der Waals surface area contributed by atoms with E-state index in [9.17, 15) is 9.90 Å². The Balaban J connectivity index is -0.000000187. The molecular formula is C9H15KO5. The van der Waals surface area contributed by atoms with Crippen LogP contribution in [0.4, 0.5) is 0 Å². The van der Waals surface area contributed by atoms with Crippen LogP contribution in [0.2, 0.25) is 0 Å². The predicted molar refractivity (Wildman–Crippen MR) is 49.1 cm³/mol. The Labute approximate surface area is 132 Å². The summed E-state index contributed by atoms with van der Waals surface area (Å²) in [6.45, 7) is 1.08. The van der Waals surface area contributed by atoms with Crippen LogP contribution >= 0.6 is 0 Å². The van der Waals surface area contributed by atoms with Crippen molar-refractivity contribution in [2.75, 3.05) is 13.2 Å². The Kier molecular flexibility index (Phi) is 23.4. The second-order valence-electron chi connectivity index (χ2n) is 2.22. The van der Waals surface area contributed by atoms with Gasteiger partial charge in [-0.2, -0.15) is 0 Å². The van der Waals surface area contributed by atoms with Crippen molar-refractivity contribution in [1.29, 1.82) is 0 Å². The van der Waals surface area contributed by atoms with Crippen LogP contribution < -0.4 is 56.5 Å². The molecule has 3 N–H and O–H groups in total. The number of allylic oxidation sites excluding steroid dienone is 3. The van der Waals surface area contributed by atoms with Crippen LogP contribution in [0.3, 0.4) is 0 Å². The summed E-state index contributed by atoms with van der Waals surface area (Å²) in [5.41, 5.74) is 0. The zero-order valence-electron chi connectivity index (χ0n) is 8.96. The van der Waals surface area contributed by atoms with Gasteiger partial charge in [0.2, 0.25) is 0 Å². The van der Waals surface area contributed by atoms with Gasteiger partial charge in [0.05, 0.1) is 19.2 Å². The molecule has 0 aromatic heterocycles. The van der Waals surface area contributed by atoms with Crippen LogP contribution in [0.25, 0.3) is 0 Å². The van der Waals surface area contributed by atoms with E-state index < -0.39 is 12.1 Å². The van der Waals surface area contributed by atoms with Crippen molar-refractivity contribution in [2.24, 2.45) is 0 Å². The van der Waals surface area contributed by atoms with Crippen molar-refractivity contribution in [3.05, 3.63) is 24.3 Å². The van der Waals surface area contributed by atoms with E-state index in [1.165, 1.54) is 6.08 Å². The molecule has 0 bridgehead atoms. The van der Waals surface area contributed by atoms with Gasteiger partial charge in [-0.3, -0.25) is 0 Å². The van der Waals surface area contributed by atoms with Crippen LogP contribution in [0.15, 0.2) is 24.3 Å². The van der Waals surface area contributed by atoms with E-state index in [1.807, 2.05) is 0 Å². The van der Waals surface area contributed by atoms with Crippen molar-refractivity contribution in [1.82, 2.24) is 0 Å². The molecule has 0 aromatic rings. The van der Waals surface area contributed by atoms with Gasteiger partial charge in [-0.25, -0.2) is 0 Å². The molecule has 0 aliphatic heterocycles. The molecule has 82 valence electrons. The van der Waals surface area contributed by atoms with Gasteiger partial charge in [0.1, 0.15) is 6.10 Å². The first-order valence-electron chi connectivity index (χ1n) is 3.98. The van der Waals surface area contributed by atoms with Gasteiger partial charge in [-0.1, -0.05) is 18.2 Å². The third kappa shape index (κ3) is 25.1. The molecule has 0 unspecified atom stereocenters. The summed E-state index contributed by atoms with van der Waals surface area (Å²) in [7, 11) is 0. The first-order valence-corrected chi connectivity index (χ1v) is 3.98. The molecular weight excluding hydrogens is 227 g/mol. The number of aliphatic hydroxyl groups excluding tert-OH is 3. The molecule has 0 heterocycles. The number of rotatable bonds is 4. The summed E-state index contributed by atoms with van der Waals surface area (Å²) >= 11 is 0. The van der Waals surface area contributed by atoms with E-state index in [4.69, 9.17) is 15.3 Å². The summed E-state index contributed by atoms with van der Waals surface area (Å²) in [6, 6.07) is 0. The Morgan fingerprint density at radius 3 is 2.00 bits per heavy atom. The first-order chi connectivity index (χ1) is 6.58. The Bertz CT molecular complexity index is 187. The number of carbonyl (C=O) groups is 1. The third-order valence-corrected chi connectivity index (χ3v) is 0.957. The van der Waals surface area contributed by atoms with E-state index in [2.05, 4.69) is 0 Å². The van der Waals surface area contributed by atoms with Crippen LogP contribution in [0, 0.1) is 0 Å². The summed E-state index contributed by atoms with van der Waals surface area (Å²) in [5.74, 6) is -1.16. The fourth-order valence-corrected chi connectivity index (χ4v) is 0.303. The maximum absolute atomic E-state index is 9.64. The van der Waals surface area contributed by atoms with Crippen molar-refractivity contribution in [3.8, 4) is 0 Å². The largest absolute Gasteiger partial charge is 1.00 e. The molecule has 0 saturated carbocycles. The molecule has 0 aliphatic rings. The molecule has 15 heavy (non-hydrogen) atoms. The van der Waals surface area contributed by atoms with Gasteiger partial charge in [0, 0.05) is 0 Å². The molecule has 0 spiro atoms. The summed E-state index contributed by atoms with van der Waals surface area (Å²) in [5, 5.41) is 33.7. The van der Waals surface area contributed by atoms with Gasteiger partial charge in [-0.05, 0) is 13.0 Å². The zero-order valence-corrected chi connectivity index (χ0v) is 12.1. The number of hydrogen-bond donors (Lipinski definition) is 3. The van der Waals surface area contributed by atoms with Gasteiger partial charge >= 0.3 is 51.4 Å². The first kappa shape index (κ1) is 20.8. The Hall–Kier alpha value is 0.466. The number of hydrogen-bond acceptors (Lipinski definition) is 5. The normalized spacial score (nSPS) is 9.93. The average Bonchev–Trinajstić information content (AvgIpc) is 2.17. The van der Waals surface area contributed by atoms with E-state index >= 15 is 0 Å². The second kappa shape index (κ2) is 16.9. The minimum Gasteiger partial charge on any atom is -0.545 e. The second-order valence-corrected chi connectivity index (χ2v) is 2.22. The smallest absolute Gasteiger partial charge is 0.545 e. The van der Waals surface area contributed by atoms with Gasteiger partial charge < -0.3 is 25.2 Å². The van der Waals surface area contributed by atoms with Crippen LogP contribution in [-0.4, -0.2) is 40.6 Å². The van der Waals surface area contributed by atoms with Crippen LogP contribution in [-0.2, 0) is 4.79 Å². The van der Waals surface area contributed by atoms with E-state index in [0.29, 0.717) is 0 Å². The van der Waals surface area contributed by atoms with Crippen LogP contribution in [0.5, 0.6) is 0 Å². The molecule has 5 nitrogen and oxygen atoms in total. The number of carboxylic acid groups (broad SMARTS) is 1. The Morgan fingerprint density at radius 2 is 1.80 bits per heavy atom.